The monoisotopic (exact) mass is 383 g/mol. The van der Waals surface area contributed by atoms with Crippen LogP contribution in [0.15, 0.2) is 48.8 Å². The van der Waals surface area contributed by atoms with Gasteiger partial charge in [-0.1, -0.05) is 11.6 Å². The first-order chi connectivity index (χ1) is 13.0. The van der Waals surface area contributed by atoms with Gasteiger partial charge in [0.15, 0.2) is 0 Å². The number of aryl methyl sites for hydroxylation is 1. The van der Waals surface area contributed by atoms with Gasteiger partial charge < -0.3 is 15.4 Å². The van der Waals surface area contributed by atoms with Crippen molar-refractivity contribution in [3.63, 3.8) is 0 Å². The van der Waals surface area contributed by atoms with Gasteiger partial charge in [-0.2, -0.15) is 4.98 Å². The average molecular weight is 384 g/mol. The summed E-state index contributed by atoms with van der Waals surface area (Å²) in [5, 5.41) is 6.78. The molecule has 0 radical (unpaired) electrons. The Balaban J connectivity index is 1.79. The van der Waals surface area contributed by atoms with Crippen molar-refractivity contribution in [2.45, 2.75) is 13.5 Å². The molecule has 0 amide bonds. The minimum absolute atomic E-state index is 0.395. The van der Waals surface area contributed by atoms with Crippen LogP contribution in [-0.4, -0.2) is 28.0 Å². The molecule has 0 saturated heterocycles. The van der Waals surface area contributed by atoms with E-state index >= 15 is 0 Å². The number of halogens is 1. The highest BCUT2D eigenvalue weighted by atomic mass is 35.5. The Bertz CT molecular complexity index is 950. The van der Waals surface area contributed by atoms with Gasteiger partial charge in [0.25, 0.3) is 0 Å². The van der Waals surface area contributed by atoms with E-state index in [2.05, 4.69) is 25.6 Å². The fraction of sp³-hybridized carbons (Fsp3) is 0.158. The molecule has 0 aliphatic heterocycles. The number of esters is 1. The molecule has 0 fully saturated rings. The average Bonchev–Trinajstić information content (AvgIpc) is 2.68. The maximum atomic E-state index is 11.7. The predicted molar refractivity (Wildman–Crippen MR) is 104 cm³/mol. The zero-order valence-corrected chi connectivity index (χ0v) is 15.6. The summed E-state index contributed by atoms with van der Waals surface area (Å²) in [6, 6.07) is 10.5. The number of benzene rings is 1. The van der Waals surface area contributed by atoms with E-state index in [1.165, 1.54) is 7.11 Å². The van der Waals surface area contributed by atoms with E-state index in [1.54, 1.807) is 36.7 Å². The standard InChI is InChI=1S/C19H18ClN5O2/c1-12-9-17(24-16-10-14(18(26)27-2)3-4-15(16)20)25-19(23-12)22-11-13-5-7-21-8-6-13/h3-10H,11H2,1-2H3,(H2,22,23,24,25). The predicted octanol–water partition coefficient (Wildman–Crippen LogP) is 3.98. The van der Waals surface area contributed by atoms with Crippen LogP contribution in [0.25, 0.3) is 0 Å². The van der Waals surface area contributed by atoms with E-state index in [0.717, 1.165) is 11.3 Å². The van der Waals surface area contributed by atoms with Gasteiger partial charge in [0.2, 0.25) is 5.95 Å². The highest BCUT2D eigenvalue weighted by Gasteiger charge is 2.10. The van der Waals surface area contributed by atoms with Gasteiger partial charge in [0, 0.05) is 30.7 Å². The molecule has 2 heterocycles. The number of rotatable bonds is 6. The first kappa shape index (κ1) is 18.6. The summed E-state index contributed by atoms with van der Waals surface area (Å²) in [4.78, 5) is 24.6. The molecule has 0 saturated carbocycles. The van der Waals surface area contributed by atoms with Gasteiger partial charge >= 0.3 is 5.97 Å². The third-order valence-electron chi connectivity index (χ3n) is 3.70. The smallest absolute Gasteiger partial charge is 0.337 e. The zero-order chi connectivity index (χ0) is 19.2. The highest BCUT2D eigenvalue weighted by molar-refractivity contribution is 6.33. The van der Waals surface area contributed by atoms with Crippen LogP contribution in [0.2, 0.25) is 5.02 Å². The number of aromatic nitrogens is 3. The third-order valence-corrected chi connectivity index (χ3v) is 4.03. The topological polar surface area (TPSA) is 89.0 Å². The normalized spacial score (nSPS) is 10.3. The molecule has 0 aliphatic carbocycles. The molecular formula is C19H18ClN5O2. The Morgan fingerprint density at radius 1 is 1.15 bits per heavy atom. The molecule has 2 N–H and O–H groups in total. The summed E-state index contributed by atoms with van der Waals surface area (Å²) in [5.41, 5.74) is 2.80. The first-order valence-electron chi connectivity index (χ1n) is 8.18. The number of hydrogen-bond donors (Lipinski definition) is 2. The van der Waals surface area contributed by atoms with Gasteiger partial charge in [-0.25, -0.2) is 9.78 Å². The van der Waals surface area contributed by atoms with Gasteiger partial charge in [-0.05, 0) is 42.8 Å². The maximum Gasteiger partial charge on any atom is 0.337 e. The van der Waals surface area contributed by atoms with Crippen LogP contribution in [0.1, 0.15) is 21.6 Å². The van der Waals surface area contributed by atoms with Crippen molar-refractivity contribution < 1.29 is 9.53 Å². The van der Waals surface area contributed by atoms with Crippen LogP contribution < -0.4 is 10.6 Å². The van der Waals surface area contributed by atoms with Crippen molar-refractivity contribution in [1.29, 1.82) is 0 Å². The second kappa shape index (κ2) is 8.46. The Labute approximate surface area is 161 Å². The minimum atomic E-state index is -0.437. The van der Waals surface area contributed by atoms with Crippen molar-refractivity contribution in [2.75, 3.05) is 17.7 Å². The fourth-order valence-electron chi connectivity index (χ4n) is 2.40. The van der Waals surface area contributed by atoms with E-state index in [1.807, 2.05) is 19.1 Å². The summed E-state index contributed by atoms with van der Waals surface area (Å²) in [5.74, 6) is 0.603. The first-order valence-corrected chi connectivity index (χ1v) is 8.56. The lowest BCUT2D eigenvalue weighted by atomic mass is 10.2. The van der Waals surface area contributed by atoms with Gasteiger partial charge in [-0.3, -0.25) is 4.98 Å². The fourth-order valence-corrected chi connectivity index (χ4v) is 2.56. The Morgan fingerprint density at radius 3 is 2.67 bits per heavy atom. The zero-order valence-electron chi connectivity index (χ0n) is 14.9. The molecule has 138 valence electrons. The largest absolute Gasteiger partial charge is 0.465 e. The van der Waals surface area contributed by atoms with E-state index in [4.69, 9.17) is 16.3 Å². The van der Waals surface area contributed by atoms with Crippen molar-refractivity contribution in [2.24, 2.45) is 0 Å². The summed E-state index contributed by atoms with van der Waals surface area (Å²) in [7, 11) is 1.33. The molecule has 0 spiro atoms. The second-order valence-corrected chi connectivity index (χ2v) is 6.15. The van der Waals surface area contributed by atoms with E-state index < -0.39 is 5.97 Å². The number of carbonyl (C=O) groups is 1. The van der Waals surface area contributed by atoms with Crippen LogP contribution in [-0.2, 0) is 11.3 Å². The van der Waals surface area contributed by atoms with Crippen LogP contribution in [0.4, 0.5) is 17.5 Å². The molecular weight excluding hydrogens is 366 g/mol. The summed E-state index contributed by atoms with van der Waals surface area (Å²) in [6.45, 7) is 2.45. The van der Waals surface area contributed by atoms with Crippen molar-refractivity contribution in [1.82, 2.24) is 15.0 Å². The molecule has 7 nitrogen and oxygen atoms in total. The van der Waals surface area contributed by atoms with Crippen molar-refractivity contribution >= 4 is 35.0 Å². The van der Waals surface area contributed by atoms with E-state index in [0.29, 0.717) is 34.6 Å². The number of hydrogen-bond acceptors (Lipinski definition) is 7. The molecule has 1 aromatic carbocycles. The van der Waals surface area contributed by atoms with Crippen LogP contribution in [0, 0.1) is 6.92 Å². The van der Waals surface area contributed by atoms with Crippen molar-refractivity contribution in [3.8, 4) is 0 Å². The lowest BCUT2D eigenvalue weighted by Gasteiger charge is -2.12. The minimum Gasteiger partial charge on any atom is -0.465 e. The third kappa shape index (κ3) is 4.92. The van der Waals surface area contributed by atoms with Crippen LogP contribution in [0.3, 0.4) is 0 Å². The summed E-state index contributed by atoms with van der Waals surface area (Å²) in [6.07, 6.45) is 3.47. The number of ether oxygens (including phenoxy) is 1. The highest BCUT2D eigenvalue weighted by Crippen LogP contribution is 2.27. The number of anilines is 3. The van der Waals surface area contributed by atoms with Crippen LogP contribution >= 0.6 is 11.6 Å². The second-order valence-electron chi connectivity index (χ2n) is 5.74. The molecule has 2 aromatic heterocycles. The van der Waals surface area contributed by atoms with E-state index in [9.17, 15) is 4.79 Å². The molecule has 0 aliphatic rings. The maximum absolute atomic E-state index is 11.7. The molecule has 0 atom stereocenters. The number of pyridine rings is 1. The Hall–Kier alpha value is -3.19. The number of carbonyl (C=O) groups excluding carboxylic acids is 1. The lowest BCUT2D eigenvalue weighted by Crippen LogP contribution is -2.07. The molecule has 8 heteroatoms. The Morgan fingerprint density at radius 2 is 1.93 bits per heavy atom. The lowest BCUT2D eigenvalue weighted by molar-refractivity contribution is 0.0601. The molecule has 0 bridgehead atoms. The van der Waals surface area contributed by atoms with Gasteiger partial charge in [0.1, 0.15) is 5.82 Å². The molecule has 27 heavy (non-hydrogen) atoms. The molecule has 0 unspecified atom stereocenters. The van der Waals surface area contributed by atoms with Crippen molar-refractivity contribution in [3.05, 3.63) is 70.6 Å². The van der Waals surface area contributed by atoms with Gasteiger partial charge in [-0.15, -0.1) is 0 Å². The van der Waals surface area contributed by atoms with Crippen LogP contribution in [0.5, 0.6) is 0 Å². The Kier molecular flexibility index (Phi) is 5.83. The number of methoxy groups -OCH3 is 1. The number of nitrogens with one attached hydrogen (secondary N) is 2. The molecule has 3 aromatic rings. The molecule has 3 rings (SSSR count). The SMILES string of the molecule is COC(=O)c1ccc(Cl)c(Nc2cc(C)nc(NCc3ccncc3)n2)c1. The summed E-state index contributed by atoms with van der Waals surface area (Å²) >= 11 is 6.24. The van der Waals surface area contributed by atoms with Gasteiger partial charge in [0.05, 0.1) is 23.4 Å². The quantitative estimate of drug-likeness (QED) is 0.622. The summed E-state index contributed by atoms with van der Waals surface area (Å²) < 4.78 is 4.74. The van der Waals surface area contributed by atoms with E-state index in [-0.39, 0.29) is 0 Å². The number of nitrogens with zero attached hydrogens (tertiary/aromatic N) is 3.